The Labute approximate surface area is 194 Å². The molecule has 5 aromatic rings. The van der Waals surface area contributed by atoms with Gasteiger partial charge in [0, 0.05) is 11.3 Å². The lowest BCUT2D eigenvalue weighted by Crippen LogP contribution is -2.22. The molecular formula is C26H20N4O2S. The maximum atomic E-state index is 13.6. The van der Waals surface area contributed by atoms with E-state index in [1.807, 2.05) is 55.5 Å². The van der Waals surface area contributed by atoms with Crippen LogP contribution < -0.4 is 10.9 Å². The van der Waals surface area contributed by atoms with Gasteiger partial charge in [0.05, 0.1) is 27.2 Å². The molecule has 33 heavy (non-hydrogen) atoms. The Hall–Kier alpha value is -4.10. The van der Waals surface area contributed by atoms with E-state index in [-0.39, 0.29) is 11.3 Å². The lowest BCUT2D eigenvalue weighted by Gasteiger charge is -2.13. The fourth-order valence-corrected chi connectivity index (χ4v) is 4.64. The van der Waals surface area contributed by atoms with Crippen molar-refractivity contribution >= 4 is 38.8 Å². The fourth-order valence-electron chi connectivity index (χ4n) is 3.67. The zero-order chi connectivity index (χ0) is 22.9. The van der Waals surface area contributed by atoms with Crippen molar-refractivity contribution in [1.82, 2.24) is 14.5 Å². The molecule has 7 heteroatoms. The summed E-state index contributed by atoms with van der Waals surface area (Å²) in [5.74, 6) is 0.492. The van der Waals surface area contributed by atoms with Gasteiger partial charge < -0.3 is 5.32 Å². The number of hydrogen-bond donors (Lipinski definition) is 1. The van der Waals surface area contributed by atoms with Crippen LogP contribution in [0.2, 0.25) is 0 Å². The van der Waals surface area contributed by atoms with E-state index in [9.17, 15) is 9.59 Å². The highest BCUT2D eigenvalue weighted by Gasteiger charge is 2.19. The van der Waals surface area contributed by atoms with Gasteiger partial charge in [-0.15, -0.1) is 0 Å². The average molecular weight is 453 g/mol. The normalized spacial score (nSPS) is 11.0. The summed E-state index contributed by atoms with van der Waals surface area (Å²) in [4.78, 5) is 35.6. The van der Waals surface area contributed by atoms with Gasteiger partial charge in [-0.2, -0.15) is 0 Å². The maximum absolute atomic E-state index is 13.6. The second-order valence-electron chi connectivity index (χ2n) is 7.62. The topological polar surface area (TPSA) is 76.9 Å². The molecule has 0 amide bonds. The zero-order valence-corrected chi connectivity index (χ0v) is 18.9. The highest BCUT2D eigenvalue weighted by Crippen LogP contribution is 2.34. The summed E-state index contributed by atoms with van der Waals surface area (Å²) in [5.41, 5.74) is 3.39. The smallest absolute Gasteiger partial charge is 0.266 e. The van der Waals surface area contributed by atoms with Crippen molar-refractivity contribution in [2.24, 2.45) is 0 Å². The summed E-state index contributed by atoms with van der Waals surface area (Å²) in [5, 5.41) is 4.57. The average Bonchev–Trinajstić information content (AvgIpc) is 3.19. The minimum atomic E-state index is -0.170. The molecule has 1 N–H and O–H groups in total. The van der Waals surface area contributed by atoms with Crippen LogP contribution in [0.3, 0.4) is 0 Å². The van der Waals surface area contributed by atoms with Crippen molar-refractivity contribution in [2.45, 2.75) is 13.8 Å². The summed E-state index contributed by atoms with van der Waals surface area (Å²) < 4.78 is 1.60. The lowest BCUT2D eigenvalue weighted by atomic mass is 10.1. The Balaban J connectivity index is 1.70. The van der Waals surface area contributed by atoms with E-state index in [2.05, 4.69) is 10.3 Å². The zero-order valence-electron chi connectivity index (χ0n) is 18.1. The van der Waals surface area contributed by atoms with Crippen LogP contribution in [0.4, 0.5) is 10.8 Å². The third kappa shape index (κ3) is 3.94. The van der Waals surface area contributed by atoms with Gasteiger partial charge in [-0.25, -0.2) is 9.97 Å². The minimum Gasteiger partial charge on any atom is -0.332 e. The van der Waals surface area contributed by atoms with E-state index < -0.39 is 0 Å². The number of rotatable bonds is 5. The van der Waals surface area contributed by atoms with Crippen molar-refractivity contribution in [3.05, 3.63) is 100 Å². The number of anilines is 2. The van der Waals surface area contributed by atoms with Crippen LogP contribution in [-0.2, 0) is 0 Å². The number of ketones is 1. The Bertz CT molecular complexity index is 1540. The second kappa shape index (κ2) is 8.44. The number of para-hydroxylation sites is 2. The molecule has 0 spiro atoms. The van der Waals surface area contributed by atoms with Crippen molar-refractivity contribution in [2.75, 3.05) is 5.32 Å². The summed E-state index contributed by atoms with van der Waals surface area (Å²) in [6.07, 6.45) is 0. The second-order valence-corrected chi connectivity index (χ2v) is 8.62. The van der Waals surface area contributed by atoms with Crippen LogP contribution in [0.5, 0.6) is 0 Å². The lowest BCUT2D eigenvalue weighted by molar-refractivity contribution is 0.101. The van der Waals surface area contributed by atoms with Crippen LogP contribution in [0.1, 0.15) is 23.0 Å². The van der Waals surface area contributed by atoms with Gasteiger partial charge in [0.2, 0.25) is 0 Å². The van der Waals surface area contributed by atoms with E-state index in [4.69, 9.17) is 4.98 Å². The van der Waals surface area contributed by atoms with Crippen LogP contribution in [0.15, 0.2) is 83.7 Å². The third-order valence-electron chi connectivity index (χ3n) is 5.33. The fraction of sp³-hybridized carbons (Fsp3) is 0.0769. The standard InChI is InChI=1S/C26H20N4O2S/c1-16-23(33-26(27-16)28-19-8-4-3-5-9-19)24-29-22-11-7-6-10-21(22)25(32)30(24)20-14-12-18(13-15-20)17(2)31/h3-15H,1-2H3,(H,27,28). The van der Waals surface area contributed by atoms with E-state index in [1.165, 1.54) is 18.3 Å². The molecule has 6 nitrogen and oxygen atoms in total. The number of nitrogens with zero attached hydrogens (tertiary/aromatic N) is 3. The molecule has 2 aromatic heterocycles. The molecule has 0 saturated carbocycles. The quantitative estimate of drug-likeness (QED) is 0.343. The molecule has 0 radical (unpaired) electrons. The third-order valence-corrected chi connectivity index (χ3v) is 6.40. The molecule has 3 aromatic carbocycles. The molecule has 0 unspecified atom stereocenters. The predicted octanol–water partition coefficient (Wildman–Crippen LogP) is 5.76. The molecule has 0 aliphatic heterocycles. The Morgan fingerprint density at radius 3 is 2.33 bits per heavy atom. The molecule has 0 fully saturated rings. The van der Waals surface area contributed by atoms with E-state index >= 15 is 0 Å². The van der Waals surface area contributed by atoms with Crippen molar-refractivity contribution < 1.29 is 4.79 Å². The molecule has 0 bridgehead atoms. The van der Waals surface area contributed by atoms with Crippen LogP contribution in [0, 0.1) is 6.92 Å². The first-order chi connectivity index (χ1) is 16.0. The number of fused-ring (bicyclic) bond motifs is 1. The van der Waals surface area contributed by atoms with E-state index in [0.717, 1.165) is 21.4 Å². The highest BCUT2D eigenvalue weighted by atomic mass is 32.1. The van der Waals surface area contributed by atoms with Crippen LogP contribution >= 0.6 is 11.3 Å². The summed E-state index contributed by atoms with van der Waals surface area (Å²) in [6.45, 7) is 3.43. The van der Waals surface area contributed by atoms with Crippen molar-refractivity contribution in [1.29, 1.82) is 0 Å². The van der Waals surface area contributed by atoms with Crippen LogP contribution in [0.25, 0.3) is 27.3 Å². The first-order valence-corrected chi connectivity index (χ1v) is 11.3. The number of nitrogens with one attached hydrogen (secondary N) is 1. The van der Waals surface area contributed by atoms with Gasteiger partial charge in [0.15, 0.2) is 16.7 Å². The van der Waals surface area contributed by atoms with Crippen molar-refractivity contribution in [3.63, 3.8) is 0 Å². The number of carbonyl (C=O) groups is 1. The molecule has 0 saturated heterocycles. The Kier molecular flexibility index (Phi) is 5.32. The summed E-state index contributed by atoms with van der Waals surface area (Å²) >= 11 is 1.44. The number of Topliss-reactive ketones (excluding diaryl/α,β-unsaturated/α-hetero) is 1. The summed E-state index contributed by atoms with van der Waals surface area (Å²) in [6, 6.07) is 24.1. The molecule has 0 atom stereocenters. The number of aryl methyl sites for hydroxylation is 1. The number of carbonyl (C=O) groups excluding carboxylic acids is 1. The van der Waals surface area contributed by atoms with Gasteiger partial charge in [-0.1, -0.05) is 41.7 Å². The molecule has 2 heterocycles. The minimum absolute atomic E-state index is 0.0271. The van der Waals surface area contributed by atoms with Gasteiger partial charge in [0.1, 0.15) is 0 Å². The number of benzene rings is 3. The molecule has 0 aliphatic carbocycles. The van der Waals surface area contributed by atoms with E-state index in [0.29, 0.717) is 28.0 Å². The predicted molar refractivity (Wildman–Crippen MR) is 133 cm³/mol. The number of thiazole rings is 1. The molecule has 162 valence electrons. The first kappa shape index (κ1) is 20.8. The SMILES string of the molecule is CC(=O)c1ccc(-n2c(-c3sc(Nc4ccccc4)nc3C)nc3ccccc3c2=O)cc1. The van der Waals surface area contributed by atoms with Gasteiger partial charge in [0.25, 0.3) is 5.56 Å². The van der Waals surface area contributed by atoms with Crippen molar-refractivity contribution in [3.8, 4) is 16.4 Å². The molecular weight excluding hydrogens is 432 g/mol. The number of aromatic nitrogens is 3. The summed E-state index contributed by atoms with van der Waals surface area (Å²) in [7, 11) is 0. The number of hydrogen-bond acceptors (Lipinski definition) is 6. The van der Waals surface area contributed by atoms with E-state index in [1.54, 1.807) is 34.9 Å². The first-order valence-electron chi connectivity index (χ1n) is 10.4. The van der Waals surface area contributed by atoms with Gasteiger partial charge in [-0.3, -0.25) is 14.2 Å². The largest absolute Gasteiger partial charge is 0.332 e. The monoisotopic (exact) mass is 452 g/mol. The maximum Gasteiger partial charge on any atom is 0.266 e. The Morgan fingerprint density at radius 1 is 0.909 bits per heavy atom. The van der Waals surface area contributed by atoms with Gasteiger partial charge in [-0.05, 0) is 62.4 Å². The Morgan fingerprint density at radius 2 is 1.61 bits per heavy atom. The molecule has 5 rings (SSSR count). The molecule has 0 aliphatic rings. The van der Waals surface area contributed by atoms with Gasteiger partial charge >= 0.3 is 0 Å². The van der Waals surface area contributed by atoms with Crippen LogP contribution in [-0.4, -0.2) is 20.3 Å². The highest BCUT2D eigenvalue weighted by molar-refractivity contribution is 7.19.